The van der Waals surface area contributed by atoms with Gasteiger partial charge in [0.05, 0.1) is 9.95 Å². The van der Waals surface area contributed by atoms with Crippen molar-refractivity contribution < 1.29 is 14.1 Å². The molecule has 30 heavy (non-hydrogen) atoms. The summed E-state index contributed by atoms with van der Waals surface area (Å²) in [6.07, 6.45) is 1.25. The van der Waals surface area contributed by atoms with Crippen LogP contribution in [-0.4, -0.2) is 10.8 Å². The number of hydrogen-bond acceptors (Lipinski definition) is 5. The minimum atomic E-state index is -0.679. The fourth-order valence-corrected chi connectivity index (χ4v) is 3.30. The lowest BCUT2D eigenvalue weighted by Crippen LogP contribution is -2.13. The second-order valence-electron chi connectivity index (χ2n) is 5.91. The van der Waals surface area contributed by atoms with E-state index in [1.54, 1.807) is 12.1 Å². The second kappa shape index (κ2) is 9.01. The zero-order valence-corrected chi connectivity index (χ0v) is 17.1. The third-order valence-corrected chi connectivity index (χ3v) is 4.58. The number of nitro benzene ring substituents is 1. The van der Waals surface area contributed by atoms with Crippen LogP contribution in [0.2, 0.25) is 15.1 Å². The number of furan rings is 1. The van der Waals surface area contributed by atoms with Gasteiger partial charge < -0.3 is 9.73 Å². The molecule has 0 atom stereocenters. The van der Waals surface area contributed by atoms with Crippen molar-refractivity contribution in [3.05, 3.63) is 85.0 Å². The van der Waals surface area contributed by atoms with E-state index in [1.807, 2.05) is 0 Å². The number of nitrogens with one attached hydrogen (secondary N) is 1. The monoisotopic (exact) mass is 461 g/mol. The number of amides is 1. The van der Waals surface area contributed by atoms with Crippen LogP contribution in [0.4, 0.5) is 11.4 Å². The lowest BCUT2D eigenvalue weighted by atomic mass is 10.1. The normalized spacial score (nSPS) is 11.1. The Hall–Kier alpha value is -3.31. The van der Waals surface area contributed by atoms with Gasteiger partial charge in [0.25, 0.3) is 11.6 Å². The largest absolute Gasteiger partial charge is 0.457 e. The van der Waals surface area contributed by atoms with Gasteiger partial charge in [-0.05, 0) is 36.4 Å². The van der Waals surface area contributed by atoms with E-state index < -0.39 is 10.8 Å². The van der Waals surface area contributed by atoms with E-state index in [4.69, 9.17) is 39.2 Å². The predicted octanol–water partition coefficient (Wildman–Crippen LogP) is 6.36. The van der Waals surface area contributed by atoms with Crippen LogP contribution < -0.4 is 5.32 Å². The fourth-order valence-electron chi connectivity index (χ4n) is 2.51. The molecular formula is C20H10Cl3N3O4. The molecule has 0 spiro atoms. The van der Waals surface area contributed by atoms with Crippen molar-refractivity contribution in [2.45, 2.75) is 0 Å². The van der Waals surface area contributed by atoms with Crippen LogP contribution in [0, 0.1) is 21.4 Å². The summed E-state index contributed by atoms with van der Waals surface area (Å²) in [5.41, 5.74) is 0.386. The molecule has 0 aliphatic carbocycles. The SMILES string of the molecule is N#C/C(=C\c1ccc(-c2ccc([N+](=O)[O-])cc2Cl)o1)C(=O)Nc1cc(Cl)cc(Cl)c1. The molecule has 7 nitrogen and oxygen atoms in total. The topological polar surface area (TPSA) is 109 Å². The number of halogens is 3. The van der Waals surface area contributed by atoms with E-state index in [2.05, 4.69) is 5.32 Å². The number of nitriles is 1. The molecule has 1 amide bonds. The van der Waals surface area contributed by atoms with E-state index in [-0.39, 0.29) is 22.0 Å². The van der Waals surface area contributed by atoms with Crippen molar-refractivity contribution in [1.29, 1.82) is 5.26 Å². The molecule has 0 bridgehead atoms. The summed E-state index contributed by atoms with van der Waals surface area (Å²) < 4.78 is 5.62. The van der Waals surface area contributed by atoms with Gasteiger partial charge in [0.2, 0.25) is 0 Å². The van der Waals surface area contributed by atoms with Gasteiger partial charge in [0.1, 0.15) is 23.2 Å². The van der Waals surface area contributed by atoms with Gasteiger partial charge in [0.15, 0.2) is 0 Å². The molecule has 0 saturated heterocycles. The number of benzene rings is 2. The second-order valence-corrected chi connectivity index (χ2v) is 7.19. The average molecular weight is 463 g/mol. The number of nitrogens with zero attached hydrogens (tertiary/aromatic N) is 2. The average Bonchev–Trinajstić information content (AvgIpc) is 3.13. The van der Waals surface area contributed by atoms with Crippen molar-refractivity contribution in [1.82, 2.24) is 0 Å². The zero-order chi connectivity index (χ0) is 21.8. The molecule has 3 rings (SSSR count). The first-order valence-electron chi connectivity index (χ1n) is 8.20. The number of hydrogen-bond donors (Lipinski definition) is 1. The van der Waals surface area contributed by atoms with Crippen molar-refractivity contribution in [2.24, 2.45) is 0 Å². The molecule has 0 aliphatic rings. The fraction of sp³-hybridized carbons (Fsp3) is 0. The third-order valence-electron chi connectivity index (χ3n) is 3.83. The summed E-state index contributed by atoms with van der Waals surface area (Å²) in [5, 5.41) is 23.5. The van der Waals surface area contributed by atoms with Gasteiger partial charge in [-0.3, -0.25) is 14.9 Å². The lowest BCUT2D eigenvalue weighted by Gasteiger charge is -2.05. The maximum atomic E-state index is 12.4. The van der Waals surface area contributed by atoms with Crippen molar-refractivity contribution >= 4 is 58.2 Å². The van der Waals surface area contributed by atoms with Crippen LogP contribution in [0.25, 0.3) is 17.4 Å². The highest BCUT2D eigenvalue weighted by Gasteiger charge is 2.15. The highest BCUT2D eigenvalue weighted by Crippen LogP contribution is 2.32. The maximum Gasteiger partial charge on any atom is 0.270 e. The molecule has 0 saturated carbocycles. The summed E-state index contributed by atoms with van der Waals surface area (Å²) in [4.78, 5) is 22.7. The van der Waals surface area contributed by atoms with Gasteiger partial charge in [-0.15, -0.1) is 0 Å². The summed E-state index contributed by atoms with van der Waals surface area (Å²) in [7, 11) is 0. The van der Waals surface area contributed by atoms with Crippen LogP contribution in [-0.2, 0) is 4.79 Å². The van der Waals surface area contributed by atoms with E-state index in [1.165, 1.54) is 48.5 Å². The molecule has 0 fully saturated rings. The molecule has 2 aromatic carbocycles. The highest BCUT2D eigenvalue weighted by atomic mass is 35.5. The first kappa shape index (κ1) is 21.4. The minimum absolute atomic E-state index is 0.130. The smallest absolute Gasteiger partial charge is 0.270 e. The molecule has 150 valence electrons. The molecule has 0 unspecified atom stereocenters. The molecular weight excluding hydrogens is 453 g/mol. The highest BCUT2D eigenvalue weighted by molar-refractivity contribution is 6.35. The van der Waals surface area contributed by atoms with Crippen LogP contribution in [0.15, 0.2) is 58.5 Å². The van der Waals surface area contributed by atoms with Crippen molar-refractivity contribution in [3.8, 4) is 17.4 Å². The summed E-state index contributed by atoms with van der Waals surface area (Å²) >= 11 is 17.9. The van der Waals surface area contributed by atoms with E-state index in [0.29, 0.717) is 27.1 Å². The Kier molecular flexibility index (Phi) is 6.43. The van der Waals surface area contributed by atoms with Crippen molar-refractivity contribution in [3.63, 3.8) is 0 Å². The van der Waals surface area contributed by atoms with E-state index in [0.717, 1.165) is 0 Å². The minimum Gasteiger partial charge on any atom is -0.457 e. The number of non-ortho nitro benzene ring substituents is 1. The van der Waals surface area contributed by atoms with Crippen LogP contribution in [0.3, 0.4) is 0 Å². The summed E-state index contributed by atoms with van der Waals surface area (Å²) in [6, 6.07) is 13.3. The number of anilines is 1. The first-order valence-corrected chi connectivity index (χ1v) is 9.33. The first-order chi connectivity index (χ1) is 14.3. The van der Waals surface area contributed by atoms with Gasteiger partial charge in [-0.1, -0.05) is 34.8 Å². The van der Waals surface area contributed by atoms with Gasteiger partial charge in [0, 0.05) is 39.5 Å². The summed E-state index contributed by atoms with van der Waals surface area (Å²) in [6.45, 7) is 0. The molecule has 1 aromatic heterocycles. The van der Waals surface area contributed by atoms with Gasteiger partial charge in [-0.25, -0.2) is 0 Å². The predicted molar refractivity (Wildman–Crippen MR) is 114 cm³/mol. The van der Waals surface area contributed by atoms with Crippen LogP contribution in [0.1, 0.15) is 5.76 Å². The number of carbonyl (C=O) groups is 1. The number of nitro groups is 1. The van der Waals surface area contributed by atoms with Gasteiger partial charge >= 0.3 is 0 Å². The number of carbonyl (C=O) groups excluding carboxylic acids is 1. The van der Waals surface area contributed by atoms with Gasteiger partial charge in [-0.2, -0.15) is 5.26 Å². The van der Waals surface area contributed by atoms with E-state index >= 15 is 0 Å². The quantitative estimate of drug-likeness (QED) is 0.205. The molecule has 1 N–H and O–H groups in total. The molecule has 1 heterocycles. The molecule has 0 aliphatic heterocycles. The Labute approximate surface area is 185 Å². The lowest BCUT2D eigenvalue weighted by molar-refractivity contribution is -0.384. The Bertz CT molecular complexity index is 1210. The Morgan fingerprint density at radius 2 is 1.80 bits per heavy atom. The van der Waals surface area contributed by atoms with Crippen LogP contribution in [0.5, 0.6) is 0 Å². The Morgan fingerprint density at radius 1 is 1.10 bits per heavy atom. The summed E-state index contributed by atoms with van der Waals surface area (Å²) in [5.74, 6) is -0.141. The number of rotatable bonds is 5. The maximum absolute atomic E-state index is 12.4. The molecule has 10 heteroatoms. The van der Waals surface area contributed by atoms with E-state index in [9.17, 15) is 20.2 Å². The molecule has 0 radical (unpaired) electrons. The standard InChI is InChI=1S/C20H10Cl3N3O4/c21-12-6-13(22)8-14(7-12)25-20(27)11(10-24)5-16-2-4-19(30-16)17-3-1-15(26(28)29)9-18(17)23/h1-9H,(H,25,27)/b11-5+. The zero-order valence-electron chi connectivity index (χ0n) is 14.9. The molecule has 3 aromatic rings. The Morgan fingerprint density at radius 3 is 2.40 bits per heavy atom. The van der Waals surface area contributed by atoms with Crippen LogP contribution >= 0.6 is 34.8 Å². The van der Waals surface area contributed by atoms with Crippen molar-refractivity contribution in [2.75, 3.05) is 5.32 Å². The Balaban J connectivity index is 1.84. The third kappa shape index (κ3) is 4.99.